The Balaban J connectivity index is 2.49. The van der Waals surface area contributed by atoms with Gasteiger partial charge in [0.2, 0.25) is 0 Å². The smallest absolute Gasteiger partial charge is 0.341 e. The van der Waals surface area contributed by atoms with Gasteiger partial charge in [0.15, 0.2) is 0 Å². The van der Waals surface area contributed by atoms with Crippen molar-refractivity contribution in [2.24, 2.45) is 0 Å². The summed E-state index contributed by atoms with van der Waals surface area (Å²) in [5.74, 6) is -0.756. The van der Waals surface area contributed by atoms with Crippen LogP contribution in [-0.4, -0.2) is 15.5 Å². The van der Waals surface area contributed by atoms with Crippen molar-refractivity contribution in [3.63, 3.8) is 0 Å². The molecule has 2 aromatic rings. The number of aromatic nitrogens is 1. The second-order valence-electron chi connectivity index (χ2n) is 5.24. The summed E-state index contributed by atoms with van der Waals surface area (Å²) in [5, 5.41) is 9.16. The molecule has 3 rings (SSSR count). The summed E-state index contributed by atoms with van der Waals surface area (Å²) in [5.41, 5.74) is 3.47. The van der Waals surface area contributed by atoms with Crippen LogP contribution in [0.4, 0.5) is 0 Å². The number of pyridine rings is 2. The largest absolute Gasteiger partial charge is 0.477 e. The van der Waals surface area contributed by atoms with Gasteiger partial charge in [-0.1, -0.05) is 0 Å². The van der Waals surface area contributed by atoms with Crippen LogP contribution in [0.2, 0.25) is 0 Å². The molecule has 4 nitrogen and oxygen atoms in total. The molecule has 0 bridgehead atoms. The van der Waals surface area contributed by atoms with Gasteiger partial charge in [-0.2, -0.15) is 0 Å². The predicted molar refractivity (Wildman–Crippen MR) is 72.1 cm³/mol. The van der Waals surface area contributed by atoms with Gasteiger partial charge in [0.1, 0.15) is 5.56 Å². The van der Waals surface area contributed by atoms with Crippen LogP contribution >= 0.6 is 0 Å². The first-order valence-corrected chi connectivity index (χ1v) is 6.39. The van der Waals surface area contributed by atoms with Gasteiger partial charge in [-0.15, -0.1) is 0 Å². The van der Waals surface area contributed by atoms with Crippen LogP contribution in [0.3, 0.4) is 0 Å². The lowest BCUT2D eigenvalue weighted by atomic mass is 10.0. The molecule has 0 radical (unpaired) electrons. The van der Waals surface area contributed by atoms with Crippen LogP contribution in [0.5, 0.6) is 0 Å². The fraction of sp³-hybridized carbons (Fsp3) is 0.333. The normalized spacial score (nSPS) is 14.8. The monoisotopic (exact) mass is 257 g/mol. The van der Waals surface area contributed by atoms with Gasteiger partial charge in [0.05, 0.1) is 5.52 Å². The lowest BCUT2D eigenvalue weighted by molar-refractivity contribution is 0.0694. The van der Waals surface area contributed by atoms with Crippen molar-refractivity contribution in [1.82, 2.24) is 4.40 Å². The maximum Gasteiger partial charge on any atom is 0.341 e. The summed E-state index contributed by atoms with van der Waals surface area (Å²) in [7, 11) is 0. The lowest BCUT2D eigenvalue weighted by Gasteiger charge is -2.13. The Morgan fingerprint density at radius 2 is 2.05 bits per heavy atom. The van der Waals surface area contributed by atoms with Crippen LogP contribution < -0.4 is 5.56 Å². The van der Waals surface area contributed by atoms with Gasteiger partial charge in [0, 0.05) is 6.20 Å². The Kier molecular flexibility index (Phi) is 2.49. The average Bonchev–Trinajstić information content (AvgIpc) is 3.18. The van der Waals surface area contributed by atoms with Crippen molar-refractivity contribution in [3.05, 3.63) is 50.9 Å². The minimum absolute atomic E-state index is 0.136. The first-order valence-electron chi connectivity index (χ1n) is 6.39. The first-order chi connectivity index (χ1) is 9.00. The van der Waals surface area contributed by atoms with E-state index in [1.807, 2.05) is 19.9 Å². The molecule has 1 N–H and O–H groups in total. The Morgan fingerprint density at radius 1 is 1.37 bits per heavy atom. The highest BCUT2D eigenvalue weighted by molar-refractivity contribution is 5.88. The molecule has 0 aromatic carbocycles. The second-order valence-corrected chi connectivity index (χ2v) is 5.24. The van der Waals surface area contributed by atoms with Crippen LogP contribution in [0.15, 0.2) is 23.1 Å². The summed E-state index contributed by atoms with van der Waals surface area (Å²) in [6.45, 7) is 3.98. The van der Waals surface area contributed by atoms with E-state index < -0.39 is 11.5 Å². The minimum atomic E-state index is -1.15. The number of aromatic carboxylic acids is 1. The van der Waals surface area contributed by atoms with Crippen molar-refractivity contribution in [2.45, 2.75) is 32.6 Å². The highest BCUT2D eigenvalue weighted by Crippen LogP contribution is 2.42. The number of carboxylic acid groups (broad SMARTS) is 1. The molecular formula is C15H15NO3. The molecule has 2 aromatic heterocycles. The molecule has 2 heterocycles. The van der Waals surface area contributed by atoms with Crippen molar-refractivity contribution in [3.8, 4) is 0 Å². The maximum absolute atomic E-state index is 12.2. The number of nitrogens with zero attached hydrogens (tertiary/aromatic N) is 1. The van der Waals surface area contributed by atoms with Gasteiger partial charge in [-0.3, -0.25) is 9.20 Å². The summed E-state index contributed by atoms with van der Waals surface area (Å²) in [4.78, 5) is 23.4. The summed E-state index contributed by atoms with van der Waals surface area (Å²) in [6.07, 6.45) is 3.82. The molecule has 0 saturated heterocycles. The summed E-state index contributed by atoms with van der Waals surface area (Å²) < 4.78 is 1.49. The van der Waals surface area contributed by atoms with Crippen molar-refractivity contribution in [1.29, 1.82) is 0 Å². The fourth-order valence-corrected chi connectivity index (χ4v) is 2.55. The zero-order chi connectivity index (χ0) is 13.7. The van der Waals surface area contributed by atoms with Crippen molar-refractivity contribution >= 4 is 11.5 Å². The quantitative estimate of drug-likeness (QED) is 0.899. The van der Waals surface area contributed by atoms with Crippen LogP contribution in [-0.2, 0) is 0 Å². The average molecular weight is 257 g/mol. The van der Waals surface area contributed by atoms with E-state index in [-0.39, 0.29) is 5.56 Å². The van der Waals surface area contributed by atoms with Crippen LogP contribution in [0.25, 0.3) is 5.52 Å². The molecule has 1 saturated carbocycles. The molecule has 1 aliphatic rings. The minimum Gasteiger partial charge on any atom is -0.477 e. The SMILES string of the molecule is Cc1ccn2c(=O)c(C(=O)O)cc(C3CC3)c2c1C. The Bertz CT molecular complexity index is 754. The van der Waals surface area contributed by atoms with E-state index in [1.165, 1.54) is 4.40 Å². The number of aryl methyl sites for hydroxylation is 2. The number of carbonyl (C=O) groups is 1. The third kappa shape index (κ3) is 1.75. The number of rotatable bonds is 2. The summed E-state index contributed by atoms with van der Waals surface area (Å²) >= 11 is 0. The predicted octanol–water partition coefficient (Wildman–Crippen LogP) is 2.49. The van der Waals surface area contributed by atoms with Gasteiger partial charge in [-0.05, 0) is 61.4 Å². The van der Waals surface area contributed by atoms with Gasteiger partial charge < -0.3 is 5.11 Å². The van der Waals surface area contributed by atoms with E-state index in [0.29, 0.717) is 5.92 Å². The van der Waals surface area contributed by atoms with E-state index in [2.05, 4.69) is 0 Å². The molecule has 19 heavy (non-hydrogen) atoms. The molecule has 98 valence electrons. The summed E-state index contributed by atoms with van der Waals surface area (Å²) in [6, 6.07) is 3.43. The van der Waals surface area contributed by atoms with Gasteiger partial charge in [0.25, 0.3) is 5.56 Å². The Hall–Kier alpha value is -2.10. The number of hydrogen-bond acceptors (Lipinski definition) is 2. The standard InChI is InChI=1S/C15H15NO3/c1-8-5-6-16-13(9(8)2)11(10-3-4-10)7-12(14(16)17)15(18)19/h5-7,10H,3-4H2,1-2H3,(H,18,19). The van der Waals surface area contributed by atoms with Crippen LogP contribution in [0, 0.1) is 13.8 Å². The number of carboxylic acids is 1. The molecule has 1 aliphatic carbocycles. The van der Waals surface area contributed by atoms with E-state index in [4.69, 9.17) is 5.11 Å². The molecular weight excluding hydrogens is 242 g/mol. The topological polar surface area (TPSA) is 58.8 Å². The first kappa shape index (κ1) is 12.0. The molecule has 0 unspecified atom stereocenters. The number of fused-ring (bicyclic) bond motifs is 1. The molecule has 1 fully saturated rings. The lowest BCUT2D eigenvalue weighted by Crippen LogP contribution is -2.23. The zero-order valence-corrected chi connectivity index (χ0v) is 10.9. The van der Waals surface area contributed by atoms with E-state index in [1.54, 1.807) is 12.3 Å². The van der Waals surface area contributed by atoms with E-state index >= 15 is 0 Å². The third-order valence-electron chi connectivity index (χ3n) is 3.93. The molecule has 0 amide bonds. The van der Waals surface area contributed by atoms with E-state index in [0.717, 1.165) is 35.0 Å². The van der Waals surface area contributed by atoms with Gasteiger partial charge in [-0.25, -0.2) is 4.79 Å². The Morgan fingerprint density at radius 3 is 2.63 bits per heavy atom. The third-order valence-corrected chi connectivity index (χ3v) is 3.93. The molecule has 4 heteroatoms. The zero-order valence-electron chi connectivity index (χ0n) is 10.9. The van der Waals surface area contributed by atoms with E-state index in [9.17, 15) is 9.59 Å². The number of hydrogen-bond donors (Lipinski definition) is 1. The molecule has 0 atom stereocenters. The van der Waals surface area contributed by atoms with Crippen molar-refractivity contribution < 1.29 is 9.90 Å². The van der Waals surface area contributed by atoms with Crippen molar-refractivity contribution in [2.75, 3.05) is 0 Å². The highest BCUT2D eigenvalue weighted by Gasteiger charge is 2.28. The second kappa shape index (κ2) is 3.95. The van der Waals surface area contributed by atoms with Crippen LogP contribution in [0.1, 0.15) is 45.8 Å². The van der Waals surface area contributed by atoms with Gasteiger partial charge >= 0.3 is 5.97 Å². The molecule has 0 aliphatic heterocycles. The highest BCUT2D eigenvalue weighted by atomic mass is 16.4. The maximum atomic E-state index is 12.2. The molecule has 0 spiro atoms. The fourth-order valence-electron chi connectivity index (χ4n) is 2.55. The Labute approximate surface area is 110 Å².